The number of rotatable bonds is 8. The minimum atomic E-state index is 0.536. The van der Waals surface area contributed by atoms with E-state index in [1.807, 2.05) is 66.7 Å². The molecule has 3 aromatic heterocycles. The molecule has 0 amide bonds. The summed E-state index contributed by atoms with van der Waals surface area (Å²) in [5.41, 5.74) is 20.8. The molecule has 0 saturated heterocycles. The Balaban J connectivity index is 1.07. The maximum Gasteiger partial charge on any atom is 0.195 e. The maximum absolute atomic E-state index is 8.76. The SMILES string of the molecule is [C-]#[N+]c1ccc(-n2c3ccccc3c3cc(-c4ccc(C)cc4C)ccc32)cc1-c1cc(-c2nc(-c3ccccc3)nc(-c3ccccc3)n2)ccc1-n1c2ccccc2c2cc(-c3ccc(C)cc3C)ccc21. The first kappa shape index (κ1) is 44.3. The molecule has 3 heterocycles. The molecule has 0 aliphatic rings. The Morgan fingerprint density at radius 3 is 1.35 bits per heavy atom. The summed E-state index contributed by atoms with van der Waals surface area (Å²) < 4.78 is 4.71. The van der Waals surface area contributed by atoms with Crippen LogP contribution < -0.4 is 0 Å². The third-order valence-electron chi connectivity index (χ3n) is 14.6. The van der Waals surface area contributed by atoms with Gasteiger partial charge in [0.15, 0.2) is 23.2 Å². The summed E-state index contributed by atoms with van der Waals surface area (Å²) in [6, 6.07) is 77.1. The first-order chi connectivity index (χ1) is 36.3. The van der Waals surface area contributed by atoms with Gasteiger partial charge >= 0.3 is 0 Å². The minimum absolute atomic E-state index is 0.536. The van der Waals surface area contributed by atoms with Crippen molar-refractivity contribution in [3.05, 3.63) is 252 Å². The zero-order valence-electron chi connectivity index (χ0n) is 41.5. The van der Waals surface area contributed by atoms with E-state index in [1.165, 1.54) is 49.9 Å². The van der Waals surface area contributed by atoms with E-state index in [4.69, 9.17) is 21.5 Å². The average molecular weight is 949 g/mol. The zero-order chi connectivity index (χ0) is 50.0. The lowest BCUT2D eigenvalue weighted by Crippen LogP contribution is -2.02. The molecular formula is C68H48N6. The lowest BCUT2D eigenvalue weighted by Gasteiger charge is -2.18. The summed E-state index contributed by atoms with van der Waals surface area (Å²) in [5, 5.41) is 4.62. The number of para-hydroxylation sites is 2. The van der Waals surface area contributed by atoms with E-state index in [2.05, 4.69) is 193 Å². The Morgan fingerprint density at radius 2 is 0.811 bits per heavy atom. The first-order valence-electron chi connectivity index (χ1n) is 25.0. The molecular weight excluding hydrogens is 901 g/mol. The fourth-order valence-electron chi connectivity index (χ4n) is 11.1. The lowest BCUT2D eigenvalue weighted by molar-refractivity contribution is 1.07. The van der Waals surface area contributed by atoms with Gasteiger partial charge in [-0.2, -0.15) is 0 Å². The van der Waals surface area contributed by atoms with E-state index >= 15 is 0 Å². The number of aromatic nitrogens is 5. The molecule has 74 heavy (non-hydrogen) atoms. The maximum atomic E-state index is 8.76. The Morgan fingerprint density at radius 1 is 0.338 bits per heavy atom. The van der Waals surface area contributed by atoms with E-state index in [0.29, 0.717) is 23.2 Å². The van der Waals surface area contributed by atoms with Crippen molar-refractivity contribution < 1.29 is 0 Å². The highest BCUT2D eigenvalue weighted by atomic mass is 15.0. The summed E-state index contributed by atoms with van der Waals surface area (Å²) >= 11 is 0. The van der Waals surface area contributed by atoms with Gasteiger partial charge in [0, 0.05) is 43.9 Å². The molecule has 0 bridgehead atoms. The second-order valence-electron chi connectivity index (χ2n) is 19.4. The van der Waals surface area contributed by atoms with Gasteiger partial charge in [-0.15, -0.1) is 0 Å². The molecule has 13 rings (SSSR count). The molecule has 350 valence electrons. The molecule has 0 unspecified atom stereocenters. The predicted molar refractivity (Wildman–Crippen MR) is 306 cm³/mol. The summed E-state index contributed by atoms with van der Waals surface area (Å²) in [4.78, 5) is 19.7. The summed E-state index contributed by atoms with van der Waals surface area (Å²) in [7, 11) is 0. The van der Waals surface area contributed by atoms with E-state index < -0.39 is 0 Å². The number of hydrogen-bond acceptors (Lipinski definition) is 3. The molecule has 10 aromatic carbocycles. The summed E-state index contributed by atoms with van der Waals surface area (Å²) in [5.74, 6) is 1.70. The highest BCUT2D eigenvalue weighted by Gasteiger charge is 2.23. The lowest BCUT2D eigenvalue weighted by atomic mass is 9.97. The third-order valence-corrected chi connectivity index (χ3v) is 14.6. The van der Waals surface area contributed by atoms with Gasteiger partial charge in [-0.1, -0.05) is 163 Å². The number of hydrogen-bond donors (Lipinski definition) is 0. The predicted octanol–water partition coefficient (Wildman–Crippen LogP) is 17.9. The van der Waals surface area contributed by atoms with Crippen LogP contribution in [-0.4, -0.2) is 24.1 Å². The second kappa shape index (κ2) is 17.9. The largest absolute Gasteiger partial charge is 0.309 e. The Hall–Kier alpha value is -9.70. The molecule has 6 nitrogen and oxygen atoms in total. The van der Waals surface area contributed by atoms with Crippen molar-refractivity contribution in [1.29, 1.82) is 0 Å². The van der Waals surface area contributed by atoms with Gasteiger partial charge in [0.05, 0.1) is 34.3 Å². The van der Waals surface area contributed by atoms with Crippen LogP contribution in [0.2, 0.25) is 0 Å². The van der Waals surface area contributed by atoms with Crippen LogP contribution in [-0.2, 0) is 0 Å². The standard InChI is InChI=1S/C68H48N6/c1-42-24-30-52(44(3)36-42)48-26-33-63-57(38-48)54-20-12-14-22-61(54)73(63)51-29-32-60(69-5)56(41-51)59-40-50(68-71-66(46-16-8-6-9-17-46)70-67(72-68)47-18-10-7-11-19-47)28-35-65(59)74-62-23-15-13-21-55(62)58-39-49(27-34-64(58)74)53-31-25-43(2)37-45(53)4/h6-41H,1-4H3. The summed E-state index contributed by atoms with van der Waals surface area (Å²) in [6.07, 6.45) is 0. The smallest absolute Gasteiger partial charge is 0.195 e. The Kier molecular flexibility index (Phi) is 10.7. The van der Waals surface area contributed by atoms with E-state index in [-0.39, 0.29) is 0 Å². The van der Waals surface area contributed by atoms with Gasteiger partial charge < -0.3 is 9.13 Å². The topological polar surface area (TPSA) is 52.9 Å². The average Bonchev–Trinajstić information content (AvgIpc) is 3.95. The molecule has 0 aliphatic carbocycles. The minimum Gasteiger partial charge on any atom is -0.309 e. The third kappa shape index (κ3) is 7.53. The van der Waals surface area contributed by atoms with Crippen LogP contribution in [0.25, 0.3) is 127 Å². The molecule has 0 atom stereocenters. The van der Waals surface area contributed by atoms with Crippen LogP contribution in [0, 0.1) is 34.3 Å². The number of aryl methyl sites for hydroxylation is 4. The van der Waals surface area contributed by atoms with Gasteiger partial charge in [0.2, 0.25) is 0 Å². The van der Waals surface area contributed by atoms with Crippen LogP contribution in [0.1, 0.15) is 22.3 Å². The molecule has 0 aliphatic heterocycles. The Labute approximate surface area is 430 Å². The monoisotopic (exact) mass is 948 g/mol. The van der Waals surface area contributed by atoms with Crippen LogP contribution in [0.5, 0.6) is 0 Å². The zero-order valence-corrected chi connectivity index (χ0v) is 41.5. The molecule has 0 N–H and O–H groups in total. The summed E-state index contributed by atoms with van der Waals surface area (Å²) in [6.45, 7) is 17.4. The van der Waals surface area contributed by atoms with Crippen molar-refractivity contribution in [2.24, 2.45) is 0 Å². The van der Waals surface area contributed by atoms with E-state index in [9.17, 15) is 0 Å². The van der Waals surface area contributed by atoms with E-state index in [1.54, 1.807) is 0 Å². The van der Waals surface area contributed by atoms with Crippen LogP contribution in [0.4, 0.5) is 5.69 Å². The molecule has 0 spiro atoms. The van der Waals surface area contributed by atoms with Crippen molar-refractivity contribution >= 4 is 49.3 Å². The molecule has 0 saturated carbocycles. The highest BCUT2D eigenvalue weighted by molar-refractivity contribution is 6.12. The van der Waals surface area contributed by atoms with Gasteiger partial charge in [0.25, 0.3) is 0 Å². The highest BCUT2D eigenvalue weighted by Crippen LogP contribution is 2.44. The van der Waals surface area contributed by atoms with Gasteiger partial charge in [0.1, 0.15) is 0 Å². The van der Waals surface area contributed by atoms with Crippen molar-refractivity contribution in [3.63, 3.8) is 0 Å². The van der Waals surface area contributed by atoms with Crippen molar-refractivity contribution in [2.75, 3.05) is 0 Å². The second-order valence-corrected chi connectivity index (χ2v) is 19.4. The normalized spacial score (nSPS) is 11.5. The molecule has 0 radical (unpaired) electrons. The van der Waals surface area contributed by atoms with Crippen LogP contribution >= 0.6 is 0 Å². The van der Waals surface area contributed by atoms with Gasteiger partial charge in [-0.05, 0) is 139 Å². The quantitative estimate of drug-likeness (QED) is 0.143. The van der Waals surface area contributed by atoms with Crippen LogP contribution in [0.3, 0.4) is 0 Å². The number of fused-ring (bicyclic) bond motifs is 6. The van der Waals surface area contributed by atoms with Crippen LogP contribution in [0.15, 0.2) is 218 Å². The van der Waals surface area contributed by atoms with Crippen molar-refractivity contribution in [2.45, 2.75) is 27.7 Å². The Bertz CT molecular complexity index is 4360. The fourth-order valence-corrected chi connectivity index (χ4v) is 11.1. The van der Waals surface area contributed by atoms with Crippen molar-refractivity contribution in [3.8, 4) is 78.9 Å². The number of nitrogens with zero attached hydrogens (tertiary/aromatic N) is 6. The fraction of sp³-hybridized carbons (Fsp3) is 0.0588. The van der Waals surface area contributed by atoms with Gasteiger partial charge in [-0.25, -0.2) is 19.8 Å². The van der Waals surface area contributed by atoms with E-state index in [0.717, 1.165) is 77.4 Å². The number of benzene rings is 10. The van der Waals surface area contributed by atoms with Crippen molar-refractivity contribution in [1.82, 2.24) is 24.1 Å². The molecule has 0 fully saturated rings. The molecule has 13 aromatic rings. The first-order valence-corrected chi connectivity index (χ1v) is 25.0. The van der Waals surface area contributed by atoms with Gasteiger partial charge in [-0.3, -0.25) is 0 Å². The molecule has 6 heteroatoms.